The van der Waals surface area contributed by atoms with Gasteiger partial charge in [0.05, 0.1) is 0 Å². The summed E-state index contributed by atoms with van der Waals surface area (Å²) in [7, 11) is 0. The van der Waals surface area contributed by atoms with Crippen molar-refractivity contribution in [2.75, 3.05) is 0 Å². The molecule has 0 N–H and O–H groups in total. The summed E-state index contributed by atoms with van der Waals surface area (Å²) in [6, 6.07) is 1.87. The molecule has 0 fully saturated rings. The van der Waals surface area contributed by atoms with Crippen LogP contribution in [0.25, 0.3) is 0 Å². The van der Waals surface area contributed by atoms with Gasteiger partial charge in [-0.1, -0.05) is 12.1 Å². The summed E-state index contributed by atoms with van der Waals surface area (Å²) < 4.78 is 8.50. The lowest BCUT2D eigenvalue weighted by Crippen LogP contribution is -2.03. The van der Waals surface area contributed by atoms with Crippen molar-refractivity contribution in [1.82, 2.24) is 19.9 Å². The van der Waals surface area contributed by atoms with E-state index in [1.54, 1.807) is 4.68 Å². The molecule has 0 unspecified atom stereocenters. The lowest BCUT2D eigenvalue weighted by molar-refractivity contribution is 0.370. The fourth-order valence-electron chi connectivity index (χ4n) is 1.28. The molecule has 0 radical (unpaired) electrons. The Hall–Kier alpha value is -0.690. The van der Waals surface area contributed by atoms with Crippen LogP contribution in [0.4, 0.5) is 0 Å². The largest absolute Gasteiger partial charge is 0.339 e. The Morgan fingerprint density at radius 2 is 2.25 bits per heavy atom. The molecule has 2 aromatic rings. The number of hydrogen-bond donors (Lipinski definition) is 0. The molecule has 0 saturated carbocycles. The molecule has 16 heavy (non-hydrogen) atoms. The summed E-state index contributed by atoms with van der Waals surface area (Å²) >= 11 is 6.70. The highest BCUT2D eigenvalue weighted by Crippen LogP contribution is 2.17. The van der Waals surface area contributed by atoms with Crippen LogP contribution in [-0.2, 0) is 13.0 Å². The summed E-state index contributed by atoms with van der Waals surface area (Å²) in [5, 5.41) is 8.12. The van der Waals surface area contributed by atoms with Gasteiger partial charge in [0, 0.05) is 12.5 Å². The maximum absolute atomic E-state index is 5.09. The molecular weight excluding hydrogens is 340 g/mol. The third kappa shape index (κ3) is 2.70. The SMILES string of the molecule is CCCc1nc(Cn2nc(Br)cc2Br)no1. The molecule has 7 heteroatoms. The average molecular weight is 350 g/mol. The second-order valence-corrected chi connectivity index (χ2v) is 4.93. The number of nitrogens with zero attached hydrogens (tertiary/aromatic N) is 4. The Morgan fingerprint density at radius 1 is 1.44 bits per heavy atom. The van der Waals surface area contributed by atoms with Gasteiger partial charge in [0.25, 0.3) is 0 Å². The first kappa shape index (κ1) is 11.8. The standard InChI is InChI=1S/C9H10Br2N4O/c1-2-3-9-12-8(14-16-9)5-15-7(11)4-6(10)13-15/h4H,2-3,5H2,1H3. The Labute approximate surface area is 109 Å². The molecule has 5 nitrogen and oxygen atoms in total. The molecule has 2 heterocycles. The van der Waals surface area contributed by atoms with Gasteiger partial charge < -0.3 is 4.52 Å². The second kappa shape index (κ2) is 5.09. The van der Waals surface area contributed by atoms with Crippen LogP contribution in [0.5, 0.6) is 0 Å². The Kier molecular flexibility index (Phi) is 3.75. The first-order valence-corrected chi connectivity index (χ1v) is 6.48. The van der Waals surface area contributed by atoms with Crippen molar-refractivity contribution >= 4 is 31.9 Å². The first-order chi connectivity index (χ1) is 7.69. The van der Waals surface area contributed by atoms with E-state index in [0.29, 0.717) is 18.3 Å². The van der Waals surface area contributed by atoms with Crippen molar-refractivity contribution in [2.24, 2.45) is 0 Å². The molecule has 0 saturated heterocycles. The van der Waals surface area contributed by atoms with Crippen molar-refractivity contribution in [2.45, 2.75) is 26.3 Å². The third-order valence-corrected chi connectivity index (χ3v) is 2.99. The molecule has 0 aliphatic heterocycles. The number of halogens is 2. The Bertz CT molecular complexity index is 480. The van der Waals surface area contributed by atoms with Gasteiger partial charge in [0.1, 0.15) is 15.8 Å². The summed E-state index contributed by atoms with van der Waals surface area (Å²) in [5.41, 5.74) is 0. The molecule has 0 spiro atoms. The normalized spacial score (nSPS) is 10.9. The monoisotopic (exact) mass is 348 g/mol. The van der Waals surface area contributed by atoms with E-state index in [1.807, 2.05) is 6.07 Å². The minimum Gasteiger partial charge on any atom is -0.339 e. The van der Waals surface area contributed by atoms with E-state index in [1.165, 1.54) is 0 Å². The predicted molar refractivity (Wildman–Crippen MR) is 65.0 cm³/mol. The molecular formula is C9H10Br2N4O. The van der Waals surface area contributed by atoms with Gasteiger partial charge in [-0.2, -0.15) is 10.1 Å². The van der Waals surface area contributed by atoms with Gasteiger partial charge in [0.15, 0.2) is 5.82 Å². The minimum atomic E-state index is 0.499. The Morgan fingerprint density at radius 3 is 2.88 bits per heavy atom. The number of hydrogen-bond acceptors (Lipinski definition) is 4. The second-order valence-electron chi connectivity index (χ2n) is 3.30. The van der Waals surface area contributed by atoms with E-state index in [-0.39, 0.29) is 0 Å². The summed E-state index contributed by atoms with van der Waals surface area (Å²) in [6.07, 6.45) is 1.82. The van der Waals surface area contributed by atoms with Crippen LogP contribution in [-0.4, -0.2) is 19.9 Å². The molecule has 0 amide bonds. The lowest BCUT2D eigenvalue weighted by Gasteiger charge is -1.96. The van der Waals surface area contributed by atoms with Crippen LogP contribution >= 0.6 is 31.9 Å². The zero-order valence-electron chi connectivity index (χ0n) is 8.65. The highest BCUT2D eigenvalue weighted by molar-refractivity contribution is 9.11. The Balaban J connectivity index is 2.11. The van der Waals surface area contributed by atoms with Gasteiger partial charge in [-0.05, 0) is 38.3 Å². The molecule has 0 aliphatic rings. The first-order valence-electron chi connectivity index (χ1n) is 4.89. The zero-order chi connectivity index (χ0) is 11.5. The van der Waals surface area contributed by atoms with Crippen LogP contribution in [0.3, 0.4) is 0 Å². The predicted octanol–water partition coefficient (Wildman–Crippen LogP) is 2.79. The van der Waals surface area contributed by atoms with Crippen molar-refractivity contribution in [3.05, 3.63) is 27.0 Å². The van der Waals surface area contributed by atoms with Crippen LogP contribution in [0.15, 0.2) is 19.8 Å². The van der Waals surface area contributed by atoms with Crippen LogP contribution < -0.4 is 0 Å². The van der Waals surface area contributed by atoms with E-state index in [0.717, 1.165) is 22.0 Å². The fourth-order valence-corrected chi connectivity index (χ4v) is 2.42. The van der Waals surface area contributed by atoms with E-state index in [2.05, 4.69) is 54.0 Å². The molecule has 0 atom stereocenters. The van der Waals surface area contributed by atoms with Crippen LogP contribution in [0.2, 0.25) is 0 Å². The van der Waals surface area contributed by atoms with Gasteiger partial charge in [-0.15, -0.1) is 0 Å². The third-order valence-electron chi connectivity index (χ3n) is 1.97. The molecule has 0 aromatic carbocycles. The van der Waals surface area contributed by atoms with Gasteiger partial charge in [-0.3, -0.25) is 0 Å². The highest BCUT2D eigenvalue weighted by atomic mass is 79.9. The molecule has 0 aliphatic carbocycles. The fraction of sp³-hybridized carbons (Fsp3) is 0.444. The maximum Gasteiger partial charge on any atom is 0.226 e. The van der Waals surface area contributed by atoms with Crippen molar-refractivity contribution in [3.63, 3.8) is 0 Å². The van der Waals surface area contributed by atoms with E-state index in [9.17, 15) is 0 Å². The minimum absolute atomic E-state index is 0.499. The molecule has 2 aromatic heterocycles. The van der Waals surface area contributed by atoms with E-state index < -0.39 is 0 Å². The highest BCUT2D eigenvalue weighted by Gasteiger charge is 2.09. The van der Waals surface area contributed by atoms with Crippen molar-refractivity contribution in [3.8, 4) is 0 Å². The summed E-state index contributed by atoms with van der Waals surface area (Å²) in [4.78, 5) is 4.27. The van der Waals surface area contributed by atoms with Crippen molar-refractivity contribution in [1.29, 1.82) is 0 Å². The molecule has 0 bridgehead atoms. The zero-order valence-corrected chi connectivity index (χ0v) is 11.8. The topological polar surface area (TPSA) is 56.7 Å². The van der Waals surface area contributed by atoms with E-state index in [4.69, 9.17) is 4.52 Å². The van der Waals surface area contributed by atoms with Crippen molar-refractivity contribution < 1.29 is 4.52 Å². The molecule has 2 rings (SSSR count). The number of rotatable bonds is 4. The summed E-state index contributed by atoms with van der Waals surface area (Å²) in [6.45, 7) is 2.57. The summed E-state index contributed by atoms with van der Waals surface area (Å²) in [5.74, 6) is 1.32. The van der Waals surface area contributed by atoms with Gasteiger partial charge >= 0.3 is 0 Å². The smallest absolute Gasteiger partial charge is 0.226 e. The van der Waals surface area contributed by atoms with E-state index >= 15 is 0 Å². The lowest BCUT2D eigenvalue weighted by atomic mass is 10.3. The maximum atomic E-state index is 5.09. The van der Waals surface area contributed by atoms with Crippen LogP contribution in [0, 0.1) is 0 Å². The van der Waals surface area contributed by atoms with Gasteiger partial charge in [0.2, 0.25) is 5.89 Å². The quantitative estimate of drug-likeness (QED) is 0.851. The average Bonchev–Trinajstić information content (AvgIpc) is 2.76. The number of aromatic nitrogens is 4. The molecule has 86 valence electrons. The van der Waals surface area contributed by atoms with Gasteiger partial charge in [-0.25, -0.2) is 4.68 Å². The van der Waals surface area contributed by atoms with Crippen LogP contribution in [0.1, 0.15) is 25.1 Å². The number of aryl methyl sites for hydroxylation is 1.